The number of ether oxygens (including phenoxy) is 2. The molecule has 0 fully saturated rings. The summed E-state index contributed by atoms with van der Waals surface area (Å²) in [4.78, 5) is 0. The lowest BCUT2D eigenvalue weighted by atomic mass is 10.1. The second kappa shape index (κ2) is 6.73. The summed E-state index contributed by atoms with van der Waals surface area (Å²) >= 11 is 0. The predicted octanol–water partition coefficient (Wildman–Crippen LogP) is 1.28. The van der Waals surface area contributed by atoms with Crippen molar-refractivity contribution in [2.24, 2.45) is 0 Å². The summed E-state index contributed by atoms with van der Waals surface area (Å²) in [6.45, 7) is 1.48. The Hall–Kier alpha value is -1.10. The van der Waals surface area contributed by atoms with Gasteiger partial charge in [-0.25, -0.2) is 0 Å². The van der Waals surface area contributed by atoms with Gasteiger partial charge in [0.2, 0.25) is 0 Å². The second-order valence-electron chi connectivity index (χ2n) is 4.39. The van der Waals surface area contributed by atoms with Crippen molar-refractivity contribution < 1.29 is 14.6 Å². The van der Waals surface area contributed by atoms with Crippen LogP contribution >= 0.6 is 0 Å². The second-order valence-corrected chi connectivity index (χ2v) is 4.39. The first kappa shape index (κ1) is 13.3. The van der Waals surface area contributed by atoms with Crippen molar-refractivity contribution in [3.05, 3.63) is 29.3 Å². The van der Waals surface area contributed by atoms with Gasteiger partial charge in [0.15, 0.2) is 0 Å². The zero-order valence-electron chi connectivity index (χ0n) is 10.8. The van der Waals surface area contributed by atoms with E-state index in [1.54, 1.807) is 0 Å². The molecule has 0 radical (unpaired) electrons. The molecule has 2 rings (SSSR count). The standard InChI is InChI=1S/C14H21NO3/c1-15-13-6-5-12-11(13)3-2-4-14(12)18-10-9-17-8-7-16/h2-4,13,15-16H,5-10H2,1H3. The number of fused-ring (bicyclic) bond motifs is 1. The molecule has 100 valence electrons. The van der Waals surface area contributed by atoms with Gasteiger partial charge in [0, 0.05) is 6.04 Å². The van der Waals surface area contributed by atoms with Gasteiger partial charge in [-0.05, 0) is 37.1 Å². The maximum Gasteiger partial charge on any atom is 0.122 e. The number of aliphatic hydroxyl groups is 1. The van der Waals surface area contributed by atoms with Gasteiger partial charge in [-0.15, -0.1) is 0 Å². The largest absolute Gasteiger partial charge is 0.491 e. The van der Waals surface area contributed by atoms with Crippen LogP contribution in [0.25, 0.3) is 0 Å². The lowest BCUT2D eigenvalue weighted by molar-refractivity contribution is 0.0703. The summed E-state index contributed by atoms with van der Waals surface area (Å²) in [6, 6.07) is 6.68. The Kier molecular flexibility index (Phi) is 4.99. The van der Waals surface area contributed by atoms with Crippen LogP contribution in [0.1, 0.15) is 23.6 Å². The first-order valence-electron chi connectivity index (χ1n) is 6.47. The Balaban J connectivity index is 1.92. The Labute approximate surface area is 108 Å². The third-order valence-corrected chi connectivity index (χ3v) is 3.30. The highest BCUT2D eigenvalue weighted by Gasteiger charge is 2.23. The first-order valence-corrected chi connectivity index (χ1v) is 6.47. The predicted molar refractivity (Wildman–Crippen MR) is 70.0 cm³/mol. The van der Waals surface area contributed by atoms with Crippen LogP contribution in [0.3, 0.4) is 0 Å². The highest BCUT2D eigenvalue weighted by Crippen LogP contribution is 2.36. The van der Waals surface area contributed by atoms with E-state index in [0.717, 1.165) is 18.6 Å². The zero-order chi connectivity index (χ0) is 12.8. The molecule has 0 aromatic heterocycles. The van der Waals surface area contributed by atoms with E-state index in [0.29, 0.717) is 25.9 Å². The van der Waals surface area contributed by atoms with Crippen LogP contribution in [-0.2, 0) is 11.2 Å². The van der Waals surface area contributed by atoms with E-state index in [4.69, 9.17) is 14.6 Å². The van der Waals surface area contributed by atoms with Gasteiger partial charge >= 0.3 is 0 Å². The van der Waals surface area contributed by atoms with Gasteiger partial charge < -0.3 is 19.9 Å². The van der Waals surface area contributed by atoms with Crippen LogP contribution < -0.4 is 10.1 Å². The van der Waals surface area contributed by atoms with Crippen LogP contribution in [0.4, 0.5) is 0 Å². The van der Waals surface area contributed by atoms with Crippen molar-refractivity contribution in [2.45, 2.75) is 18.9 Å². The maximum atomic E-state index is 8.59. The summed E-state index contributed by atoms with van der Waals surface area (Å²) in [5.74, 6) is 0.970. The van der Waals surface area contributed by atoms with E-state index in [2.05, 4.69) is 11.4 Å². The van der Waals surface area contributed by atoms with Gasteiger partial charge in [0.05, 0.1) is 19.8 Å². The molecule has 1 unspecified atom stereocenters. The molecule has 4 nitrogen and oxygen atoms in total. The van der Waals surface area contributed by atoms with Crippen molar-refractivity contribution in [1.82, 2.24) is 5.32 Å². The van der Waals surface area contributed by atoms with E-state index in [9.17, 15) is 0 Å². The average molecular weight is 251 g/mol. The first-order chi connectivity index (χ1) is 8.86. The Bertz CT molecular complexity index is 381. The molecule has 0 bridgehead atoms. The van der Waals surface area contributed by atoms with Gasteiger partial charge in [-0.1, -0.05) is 12.1 Å². The van der Waals surface area contributed by atoms with Crippen LogP contribution in [-0.4, -0.2) is 38.6 Å². The molecule has 1 atom stereocenters. The molecule has 0 amide bonds. The molecule has 1 aromatic rings. The van der Waals surface area contributed by atoms with Crippen LogP contribution in [0.5, 0.6) is 5.75 Å². The molecule has 0 saturated carbocycles. The van der Waals surface area contributed by atoms with Gasteiger partial charge in [-0.3, -0.25) is 0 Å². The van der Waals surface area contributed by atoms with Crippen LogP contribution in [0.2, 0.25) is 0 Å². The summed E-state index contributed by atoms with van der Waals surface area (Å²) in [5.41, 5.74) is 2.67. The Morgan fingerprint density at radius 1 is 1.33 bits per heavy atom. The topological polar surface area (TPSA) is 50.7 Å². The summed E-state index contributed by atoms with van der Waals surface area (Å²) < 4.78 is 10.9. The minimum Gasteiger partial charge on any atom is -0.491 e. The lowest BCUT2D eigenvalue weighted by Gasteiger charge is -2.13. The molecule has 4 heteroatoms. The smallest absolute Gasteiger partial charge is 0.122 e. The molecule has 0 saturated heterocycles. The molecule has 0 aliphatic heterocycles. The van der Waals surface area contributed by atoms with E-state index in [-0.39, 0.29) is 6.61 Å². The summed E-state index contributed by atoms with van der Waals surface area (Å²) in [6.07, 6.45) is 2.20. The number of hydrogen-bond donors (Lipinski definition) is 2. The minimum atomic E-state index is 0.0601. The molecule has 18 heavy (non-hydrogen) atoms. The Morgan fingerprint density at radius 2 is 2.22 bits per heavy atom. The average Bonchev–Trinajstić information content (AvgIpc) is 2.82. The fourth-order valence-corrected chi connectivity index (χ4v) is 2.43. The molecule has 1 aliphatic rings. The van der Waals surface area contributed by atoms with Crippen molar-refractivity contribution in [3.8, 4) is 5.75 Å². The van der Waals surface area contributed by atoms with Crippen molar-refractivity contribution in [1.29, 1.82) is 0 Å². The van der Waals surface area contributed by atoms with E-state index >= 15 is 0 Å². The molecular formula is C14H21NO3. The molecule has 2 N–H and O–H groups in total. The van der Waals surface area contributed by atoms with Crippen LogP contribution in [0, 0.1) is 0 Å². The summed E-state index contributed by atoms with van der Waals surface area (Å²) in [5, 5.41) is 11.9. The van der Waals surface area contributed by atoms with Gasteiger partial charge in [0.1, 0.15) is 12.4 Å². The number of rotatable bonds is 7. The fraction of sp³-hybridized carbons (Fsp3) is 0.571. The molecule has 0 heterocycles. The quantitative estimate of drug-likeness (QED) is 0.717. The minimum absolute atomic E-state index is 0.0601. The monoisotopic (exact) mass is 251 g/mol. The number of nitrogens with one attached hydrogen (secondary N) is 1. The van der Waals surface area contributed by atoms with Crippen molar-refractivity contribution in [2.75, 3.05) is 33.5 Å². The SMILES string of the molecule is CNC1CCc2c(OCCOCCO)cccc21. The molecule has 0 spiro atoms. The van der Waals surface area contributed by atoms with Gasteiger partial charge in [0.25, 0.3) is 0 Å². The van der Waals surface area contributed by atoms with Gasteiger partial charge in [-0.2, -0.15) is 0 Å². The van der Waals surface area contributed by atoms with E-state index in [1.807, 2.05) is 19.2 Å². The number of benzene rings is 1. The molecule has 1 aromatic carbocycles. The number of hydrogen-bond acceptors (Lipinski definition) is 4. The summed E-state index contributed by atoms with van der Waals surface area (Å²) in [7, 11) is 2.00. The highest BCUT2D eigenvalue weighted by molar-refractivity contribution is 5.45. The van der Waals surface area contributed by atoms with Crippen LogP contribution in [0.15, 0.2) is 18.2 Å². The molecule has 1 aliphatic carbocycles. The molecular weight excluding hydrogens is 230 g/mol. The number of aliphatic hydroxyl groups excluding tert-OH is 1. The lowest BCUT2D eigenvalue weighted by Crippen LogP contribution is -2.13. The van der Waals surface area contributed by atoms with Crippen molar-refractivity contribution in [3.63, 3.8) is 0 Å². The fourth-order valence-electron chi connectivity index (χ4n) is 2.43. The third kappa shape index (κ3) is 3.02. The highest BCUT2D eigenvalue weighted by atomic mass is 16.5. The van der Waals surface area contributed by atoms with Crippen molar-refractivity contribution >= 4 is 0 Å². The Morgan fingerprint density at radius 3 is 3.00 bits per heavy atom. The normalized spacial score (nSPS) is 17.8. The van der Waals surface area contributed by atoms with E-state index < -0.39 is 0 Å². The zero-order valence-corrected chi connectivity index (χ0v) is 10.8. The van der Waals surface area contributed by atoms with E-state index in [1.165, 1.54) is 11.1 Å². The maximum absolute atomic E-state index is 8.59. The third-order valence-electron chi connectivity index (χ3n) is 3.30.